The first-order valence-corrected chi connectivity index (χ1v) is 8.64. The Kier molecular flexibility index (Phi) is 3.49. The number of fused-ring (bicyclic) bond motifs is 4. The van der Waals surface area contributed by atoms with Crippen LogP contribution < -0.4 is 4.74 Å². The number of carbonyl (C=O) groups excluding carboxylic acids is 1. The zero-order valence-electron chi connectivity index (χ0n) is 14.5. The highest BCUT2D eigenvalue weighted by molar-refractivity contribution is 6.14. The van der Waals surface area contributed by atoms with Crippen LogP contribution in [0.25, 0.3) is 22.3 Å². The van der Waals surface area contributed by atoms with E-state index in [0.29, 0.717) is 44.7 Å². The maximum Gasteiger partial charge on any atom is 0.268 e. The van der Waals surface area contributed by atoms with Gasteiger partial charge in [-0.2, -0.15) is 5.26 Å². The molecule has 1 aliphatic heterocycles. The van der Waals surface area contributed by atoms with Crippen LogP contribution in [0.2, 0.25) is 0 Å². The summed E-state index contributed by atoms with van der Waals surface area (Å²) < 4.78 is 21.5. The van der Waals surface area contributed by atoms with Gasteiger partial charge in [0.25, 0.3) is 5.91 Å². The number of nitrogens with zero attached hydrogens (tertiary/aromatic N) is 3. The van der Waals surface area contributed by atoms with E-state index in [1.54, 1.807) is 54.7 Å². The Morgan fingerprint density at radius 2 is 1.96 bits per heavy atom. The predicted molar refractivity (Wildman–Crippen MR) is 100 cm³/mol. The number of rotatable bonds is 3. The molecule has 0 atom stereocenters. The van der Waals surface area contributed by atoms with Gasteiger partial charge in [-0.3, -0.25) is 9.36 Å². The molecule has 0 amide bonds. The highest BCUT2D eigenvalue weighted by atomic mass is 19.1. The lowest BCUT2D eigenvalue weighted by molar-refractivity contribution is 0.0965. The number of hydrogen-bond donors (Lipinski definition) is 0. The second kappa shape index (κ2) is 6.03. The summed E-state index contributed by atoms with van der Waals surface area (Å²) in [5.74, 6) is -0.322. The monoisotopic (exact) mass is 369 g/mol. The van der Waals surface area contributed by atoms with Crippen molar-refractivity contribution in [2.75, 3.05) is 0 Å². The molecule has 5 nitrogen and oxygen atoms in total. The number of benzene rings is 2. The van der Waals surface area contributed by atoms with Crippen molar-refractivity contribution < 1.29 is 13.9 Å². The largest absolute Gasteiger partial charge is 0.487 e. The Hall–Kier alpha value is -3.98. The number of pyridine rings is 1. The molecule has 0 N–H and O–H groups in total. The van der Waals surface area contributed by atoms with Crippen LogP contribution in [0, 0.1) is 17.1 Å². The highest BCUT2D eigenvalue weighted by Crippen LogP contribution is 2.41. The summed E-state index contributed by atoms with van der Waals surface area (Å²) in [7, 11) is 0. The molecule has 0 aliphatic carbocycles. The lowest BCUT2D eigenvalue weighted by atomic mass is 10.0. The van der Waals surface area contributed by atoms with Crippen LogP contribution in [0.4, 0.5) is 4.39 Å². The van der Waals surface area contributed by atoms with E-state index in [-0.39, 0.29) is 18.3 Å². The fourth-order valence-electron chi connectivity index (χ4n) is 3.52. The summed E-state index contributed by atoms with van der Waals surface area (Å²) in [5, 5.41) is 10.0. The zero-order chi connectivity index (χ0) is 19.3. The van der Waals surface area contributed by atoms with E-state index >= 15 is 0 Å². The third-order valence-corrected chi connectivity index (χ3v) is 4.84. The van der Waals surface area contributed by atoms with Crippen molar-refractivity contribution in [3.05, 3.63) is 83.3 Å². The Bertz CT molecular complexity index is 1320. The third kappa shape index (κ3) is 2.23. The molecule has 28 heavy (non-hydrogen) atoms. The quantitative estimate of drug-likeness (QED) is 0.476. The molecular weight excluding hydrogens is 357 g/mol. The normalized spacial score (nSPS) is 11.9. The van der Waals surface area contributed by atoms with Gasteiger partial charge in [-0.05, 0) is 30.3 Å². The van der Waals surface area contributed by atoms with E-state index in [1.165, 1.54) is 10.6 Å². The molecule has 1 aliphatic rings. The highest BCUT2D eigenvalue weighted by Gasteiger charge is 2.33. The molecule has 0 saturated carbocycles. The maximum absolute atomic E-state index is 14.0. The van der Waals surface area contributed by atoms with Crippen LogP contribution in [0.5, 0.6) is 5.75 Å². The Morgan fingerprint density at radius 3 is 2.79 bits per heavy atom. The second-order valence-electron chi connectivity index (χ2n) is 6.43. The van der Waals surface area contributed by atoms with Gasteiger partial charge in [-0.15, -0.1) is 0 Å². The average Bonchev–Trinajstić information content (AvgIpc) is 3.29. The van der Waals surface area contributed by atoms with Crippen molar-refractivity contribution in [2.24, 2.45) is 0 Å². The first-order valence-electron chi connectivity index (χ1n) is 8.64. The molecule has 0 spiro atoms. The van der Waals surface area contributed by atoms with Crippen LogP contribution in [0.3, 0.4) is 0 Å². The second-order valence-corrected chi connectivity index (χ2v) is 6.43. The summed E-state index contributed by atoms with van der Waals surface area (Å²) in [4.78, 5) is 17.6. The van der Waals surface area contributed by atoms with Gasteiger partial charge in [0.1, 0.15) is 35.5 Å². The number of carbonyl (C=O) groups is 1. The molecule has 0 bridgehead atoms. The van der Waals surface area contributed by atoms with E-state index in [1.807, 2.05) is 0 Å². The van der Waals surface area contributed by atoms with Crippen molar-refractivity contribution in [1.29, 1.82) is 5.26 Å². The maximum atomic E-state index is 14.0. The van der Waals surface area contributed by atoms with Crippen LogP contribution in [0.15, 0.2) is 60.8 Å². The van der Waals surface area contributed by atoms with Gasteiger partial charge >= 0.3 is 0 Å². The minimum atomic E-state index is -0.382. The topological polar surface area (TPSA) is 67.9 Å². The van der Waals surface area contributed by atoms with Crippen LogP contribution in [-0.4, -0.2) is 15.5 Å². The fraction of sp³-hybridized carbons (Fsp3) is 0.0455. The molecule has 0 saturated heterocycles. The zero-order valence-corrected chi connectivity index (χ0v) is 14.5. The molecule has 3 heterocycles. The van der Waals surface area contributed by atoms with E-state index in [0.717, 1.165) is 0 Å². The molecular formula is C22H12FN3O2. The standard InChI is InChI=1S/C22H12FN3O2/c23-16-8-2-1-5-14(16)12-28-21-15-7-3-6-13(11-24)19(15)25-20-17-9-4-10-26(17)22(27)18(20)21/h1-10H,12H2. The van der Waals surface area contributed by atoms with Gasteiger partial charge in [0.2, 0.25) is 0 Å². The summed E-state index contributed by atoms with van der Waals surface area (Å²) in [6.07, 6.45) is 1.66. The number of aromatic nitrogens is 2. The molecule has 0 fully saturated rings. The van der Waals surface area contributed by atoms with Crippen molar-refractivity contribution in [3.63, 3.8) is 0 Å². The van der Waals surface area contributed by atoms with E-state index in [2.05, 4.69) is 11.1 Å². The predicted octanol–water partition coefficient (Wildman–Crippen LogP) is 4.29. The average molecular weight is 369 g/mol. The van der Waals surface area contributed by atoms with E-state index in [4.69, 9.17) is 4.74 Å². The van der Waals surface area contributed by atoms with Crippen molar-refractivity contribution >= 4 is 16.8 Å². The third-order valence-electron chi connectivity index (χ3n) is 4.84. The lowest BCUT2D eigenvalue weighted by Gasteiger charge is -2.14. The van der Waals surface area contributed by atoms with Crippen LogP contribution in [-0.2, 0) is 6.61 Å². The Morgan fingerprint density at radius 1 is 1.11 bits per heavy atom. The number of ether oxygens (including phenoxy) is 1. The smallest absolute Gasteiger partial charge is 0.268 e. The van der Waals surface area contributed by atoms with Gasteiger partial charge < -0.3 is 4.74 Å². The van der Waals surface area contributed by atoms with Crippen molar-refractivity contribution in [2.45, 2.75) is 6.61 Å². The summed E-state index contributed by atoms with van der Waals surface area (Å²) >= 11 is 0. The van der Waals surface area contributed by atoms with Gasteiger partial charge in [-0.1, -0.05) is 24.3 Å². The first-order chi connectivity index (χ1) is 13.7. The van der Waals surface area contributed by atoms with Crippen molar-refractivity contribution in [3.8, 4) is 23.2 Å². The number of nitriles is 1. The number of halogens is 1. The van der Waals surface area contributed by atoms with Crippen LogP contribution >= 0.6 is 0 Å². The van der Waals surface area contributed by atoms with Gasteiger partial charge in [0, 0.05) is 17.1 Å². The summed E-state index contributed by atoms with van der Waals surface area (Å²) in [6, 6.07) is 17.1. The van der Waals surface area contributed by atoms with Gasteiger partial charge in [-0.25, -0.2) is 9.37 Å². The molecule has 134 valence electrons. The first kappa shape index (κ1) is 16.2. The van der Waals surface area contributed by atoms with Gasteiger partial charge in [0.05, 0.1) is 16.8 Å². The van der Waals surface area contributed by atoms with Crippen molar-refractivity contribution in [1.82, 2.24) is 9.55 Å². The number of para-hydroxylation sites is 1. The molecule has 0 radical (unpaired) electrons. The number of hydrogen-bond acceptors (Lipinski definition) is 4. The minimum Gasteiger partial charge on any atom is -0.487 e. The molecule has 2 aromatic heterocycles. The molecule has 2 aromatic carbocycles. The Balaban J connectivity index is 1.74. The SMILES string of the molecule is N#Cc1cccc2c(OCc3ccccc3F)c3c(nc12)-c1cccn1C3=O. The van der Waals surface area contributed by atoms with E-state index < -0.39 is 0 Å². The molecule has 5 rings (SSSR count). The van der Waals surface area contributed by atoms with Gasteiger partial charge in [0.15, 0.2) is 0 Å². The molecule has 0 unspecified atom stereocenters. The fourth-order valence-corrected chi connectivity index (χ4v) is 3.52. The molecule has 6 heteroatoms. The summed E-state index contributed by atoms with van der Waals surface area (Å²) in [6.45, 7) is -0.0445. The van der Waals surface area contributed by atoms with Crippen LogP contribution in [0.1, 0.15) is 21.5 Å². The molecule has 4 aromatic rings. The summed E-state index contributed by atoms with van der Waals surface area (Å²) in [5.41, 5.74) is 2.65. The Labute approximate surface area is 159 Å². The lowest BCUT2D eigenvalue weighted by Crippen LogP contribution is -2.09. The minimum absolute atomic E-state index is 0.0445. The van der Waals surface area contributed by atoms with E-state index in [9.17, 15) is 14.4 Å².